The van der Waals surface area contributed by atoms with E-state index in [9.17, 15) is 4.79 Å². The lowest BCUT2D eigenvalue weighted by atomic mass is 9.88. The normalized spacial score (nSPS) is 19.9. The van der Waals surface area contributed by atoms with Crippen molar-refractivity contribution in [3.63, 3.8) is 0 Å². The van der Waals surface area contributed by atoms with E-state index in [1.807, 2.05) is 18.1 Å². The van der Waals surface area contributed by atoms with Crippen LogP contribution in [0.2, 0.25) is 0 Å². The van der Waals surface area contributed by atoms with E-state index in [0.29, 0.717) is 5.91 Å². The van der Waals surface area contributed by atoms with Crippen LogP contribution in [0.1, 0.15) is 32.1 Å². The molecule has 1 saturated carbocycles. The maximum atomic E-state index is 12.7. The zero-order chi connectivity index (χ0) is 16.5. The number of fused-ring (bicyclic) bond motifs is 1. The maximum Gasteiger partial charge on any atom is 0.225 e. The fourth-order valence-corrected chi connectivity index (χ4v) is 3.95. The number of aryl methyl sites for hydroxylation is 1. The average molecular weight is 328 g/mol. The highest BCUT2D eigenvalue weighted by Crippen LogP contribution is 2.27. The summed E-state index contributed by atoms with van der Waals surface area (Å²) in [6.07, 6.45) is 9.25. The standard InChI is InChI=1S/C17H24N6O/c1-21-15-14(11-20-21)16(19-12-18-15)22-7-9-23(10-8-22)17(24)13-5-3-2-4-6-13/h11-13H,2-10H2,1H3. The van der Waals surface area contributed by atoms with Gasteiger partial charge in [0.1, 0.15) is 12.1 Å². The van der Waals surface area contributed by atoms with Crippen molar-refractivity contribution >= 4 is 22.8 Å². The zero-order valence-electron chi connectivity index (χ0n) is 14.2. The van der Waals surface area contributed by atoms with E-state index >= 15 is 0 Å². The maximum absolute atomic E-state index is 12.7. The van der Waals surface area contributed by atoms with E-state index in [1.165, 1.54) is 19.3 Å². The Bertz CT molecular complexity index is 728. The SMILES string of the molecule is Cn1ncc2c(N3CCN(C(=O)C4CCCCC4)CC3)ncnc21. The molecule has 0 spiro atoms. The van der Waals surface area contributed by atoms with Gasteiger partial charge in [-0.2, -0.15) is 5.10 Å². The molecule has 0 unspecified atom stereocenters. The molecule has 4 rings (SSSR count). The van der Waals surface area contributed by atoms with Crippen molar-refractivity contribution in [2.45, 2.75) is 32.1 Å². The minimum absolute atomic E-state index is 0.259. The molecule has 7 heteroatoms. The number of carbonyl (C=O) groups is 1. The smallest absolute Gasteiger partial charge is 0.225 e. The molecule has 1 aliphatic heterocycles. The number of carbonyl (C=O) groups excluding carboxylic acids is 1. The highest BCUT2D eigenvalue weighted by atomic mass is 16.2. The Morgan fingerprint density at radius 1 is 1.08 bits per heavy atom. The summed E-state index contributed by atoms with van der Waals surface area (Å²) in [5, 5.41) is 5.26. The fraction of sp³-hybridized carbons (Fsp3) is 0.647. The molecular weight excluding hydrogens is 304 g/mol. The monoisotopic (exact) mass is 328 g/mol. The third-order valence-electron chi connectivity index (χ3n) is 5.35. The first-order valence-electron chi connectivity index (χ1n) is 8.90. The third-order valence-corrected chi connectivity index (χ3v) is 5.35. The summed E-state index contributed by atoms with van der Waals surface area (Å²) in [5.41, 5.74) is 0.848. The Balaban J connectivity index is 1.44. The van der Waals surface area contributed by atoms with Gasteiger partial charge in [-0.3, -0.25) is 9.48 Å². The van der Waals surface area contributed by atoms with Gasteiger partial charge in [0.25, 0.3) is 0 Å². The molecule has 0 atom stereocenters. The van der Waals surface area contributed by atoms with Gasteiger partial charge < -0.3 is 9.80 Å². The Morgan fingerprint density at radius 2 is 1.83 bits per heavy atom. The fourth-order valence-electron chi connectivity index (χ4n) is 3.95. The van der Waals surface area contributed by atoms with Crippen LogP contribution in [-0.2, 0) is 11.8 Å². The minimum atomic E-state index is 0.259. The molecule has 3 heterocycles. The molecule has 24 heavy (non-hydrogen) atoms. The molecule has 2 aromatic rings. The van der Waals surface area contributed by atoms with Crippen LogP contribution in [0, 0.1) is 5.92 Å². The molecule has 0 aromatic carbocycles. The molecule has 1 amide bonds. The van der Waals surface area contributed by atoms with Crippen molar-refractivity contribution in [1.82, 2.24) is 24.6 Å². The summed E-state index contributed by atoms with van der Waals surface area (Å²) < 4.78 is 1.77. The summed E-state index contributed by atoms with van der Waals surface area (Å²) in [5.74, 6) is 1.55. The number of hydrogen-bond donors (Lipinski definition) is 0. The molecule has 7 nitrogen and oxygen atoms in total. The summed E-state index contributed by atoms with van der Waals surface area (Å²) >= 11 is 0. The van der Waals surface area contributed by atoms with Crippen LogP contribution < -0.4 is 4.90 Å². The predicted molar refractivity (Wildman–Crippen MR) is 91.7 cm³/mol. The molecule has 2 fully saturated rings. The van der Waals surface area contributed by atoms with Crippen LogP contribution in [0.25, 0.3) is 11.0 Å². The molecule has 1 saturated heterocycles. The minimum Gasteiger partial charge on any atom is -0.352 e. The zero-order valence-corrected chi connectivity index (χ0v) is 14.2. The predicted octanol–water partition coefficient (Wildman–Crippen LogP) is 1.59. The highest BCUT2D eigenvalue weighted by Gasteiger charge is 2.29. The molecule has 2 aliphatic rings. The van der Waals surface area contributed by atoms with E-state index in [0.717, 1.165) is 55.9 Å². The van der Waals surface area contributed by atoms with E-state index in [1.54, 1.807) is 11.0 Å². The number of anilines is 1. The molecule has 1 aliphatic carbocycles. The summed E-state index contributed by atoms with van der Waals surface area (Å²) in [6, 6.07) is 0. The van der Waals surface area contributed by atoms with Gasteiger partial charge in [0, 0.05) is 39.1 Å². The van der Waals surface area contributed by atoms with Crippen LogP contribution in [0.15, 0.2) is 12.5 Å². The summed E-state index contributed by atoms with van der Waals surface area (Å²) in [4.78, 5) is 25.7. The molecular formula is C17H24N6O. The lowest BCUT2D eigenvalue weighted by Gasteiger charge is -2.37. The number of amides is 1. The van der Waals surface area contributed by atoms with Crippen molar-refractivity contribution < 1.29 is 4.79 Å². The van der Waals surface area contributed by atoms with E-state index in [4.69, 9.17) is 0 Å². The van der Waals surface area contributed by atoms with Crippen LogP contribution in [0.3, 0.4) is 0 Å². The van der Waals surface area contributed by atoms with Crippen molar-refractivity contribution in [2.24, 2.45) is 13.0 Å². The van der Waals surface area contributed by atoms with Gasteiger partial charge >= 0.3 is 0 Å². The Labute approximate surface area is 141 Å². The Kier molecular flexibility index (Phi) is 4.08. The number of hydrogen-bond acceptors (Lipinski definition) is 5. The van der Waals surface area contributed by atoms with Gasteiger partial charge in [-0.25, -0.2) is 9.97 Å². The summed E-state index contributed by atoms with van der Waals surface area (Å²) in [7, 11) is 1.89. The first kappa shape index (κ1) is 15.4. The van der Waals surface area contributed by atoms with Crippen molar-refractivity contribution in [3.05, 3.63) is 12.5 Å². The second kappa shape index (κ2) is 6.37. The number of piperazine rings is 1. The van der Waals surface area contributed by atoms with E-state index in [-0.39, 0.29) is 5.92 Å². The van der Waals surface area contributed by atoms with Crippen molar-refractivity contribution in [2.75, 3.05) is 31.1 Å². The summed E-state index contributed by atoms with van der Waals surface area (Å²) in [6.45, 7) is 3.20. The topological polar surface area (TPSA) is 67.2 Å². The number of aromatic nitrogens is 4. The average Bonchev–Trinajstić information content (AvgIpc) is 3.03. The highest BCUT2D eigenvalue weighted by molar-refractivity contribution is 5.87. The number of rotatable bonds is 2. The van der Waals surface area contributed by atoms with Gasteiger partial charge in [0.05, 0.1) is 11.6 Å². The second-order valence-corrected chi connectivity index (χ2v) is 6.85. The lowest BCUT2D eigenvalue weighted by molar-refractivity contribution is -0.136. The number of nitrogens with zero attached hydrogens (tertiary/aromatic N) is 6. The van der Waals surface area contributed by atoms with Crippen LogP contribution in [0.5, 0.6) is 0 Å². The van der Waals surface area contributed by atoms with Crippen LogP contribution in [-0.4, -0.2) is 56.7 Å². The molecule has 0 bridgehead atoms. The van der Waals surface area contributed by atoms with Gasteiger partial charge in [-0.15, -0.1) is 0 Å². The third kappa shape index (κ3) is 2.72. The molecule has 0 radical (unpaired) electrons. The van der Waals surface area contributed by atoms with E-state index < -0.39 is 0 Å². The molecule has 128 valence electrons. The first-order valence-corrected chi connectivity index (χ1v) is 8.90. The van der Waals surface area contributed by atoms with Gasteiger partial charge in [-0.05, 0) is 12.8 Å². The van der Waals surface area contributed by atoms with Crippen molar-refractivity contribution in [1.29, 1.82) is 0 Å². The van der Waals surface area contributed by atoms with Gasteiger partial charge in [0.2, 0.25) is 5.91 Å². The Hall–Kier alpha value is -2.18. The van der Waals surface area contributed by atoms with Crippen LogP contribution >= 0.6 is 0 Å². The van der Waals surface area contributed by atoms with Crippen molar-refractivity contribution in [3.8, 4) is 0 Å². The van der Waals surface area contributed by atoms with Gasteiger partial charge in [-0.1, -0.05) is 19.3 Å². The van der Waals surface area contributed by atoms with Crippen LogP contribution in [0.4, 0.5) is 5.82 Å². The largest absolute Gasteiger partial charge is 0.352 e. The lowest BCUT2D eigenvalue weighted by Crippen LogP contribution is -2.50. The van der Waals surface area contributed by atoms with E-state index in [2.05, 4.69) is 20.0 Å². The second-order valence-electron chi connectivity index (χ2n) is 6.85. The molecule has 0 N–H and O–H groups in total. The quantitative estimate of drug-likeness (QED) is 0.837. The Morgan fingerprint density at radius 3 is 2.58 bits per heavy atom. The van der Waals surface area contributed by atoms with Gasteiger partial charge in [0.15, 0.2) is 5.65 Å². The molecule has 2 aromatic heterocycles. The first-order chi connectivity index (χ1) is 11.7.